The molecule has 2 nitrogen and oxygen atoms in total. The molecule has 0 bridgehead atoms. The Kier molecular flexibility index (Phi) is 3.86. The number of piperidine rings is 1. The first-order valence-corrected chi connectivity index (χ1v) is 6.82. The van der Waals surface area contributed by atoms with E-state index in [-0.39, 0.29) is 5.92 Å². The molecule has 1 saturated carbocycles. The average molecular weight is 220 g/mol. The van der Waals surface area contributed by atoms with Crippen molar-refractivity contribution in [1.82, 2.24) is 4.90 Å². The molecule has 2 atom stereocenters. The first kappa shape index (κ1) is 11.9. The van der Waals surface area contributed by atoms with Gasteiger partial charge in [-0.1, -0.05) is 20.3 Å². The summed E-state index contributed by atoms with van der Waals surface area (Å²) in [4.78, 5) is 2.54. The predicted octanol–water partition coefficient (Wildman–Crippen LogP) is 2.90. The van der Waals surface area contributed by atoms with Crippen LogP contribution in [-0.2, 0) is 0 Å². The van der Waals surface area contributed by atoms with E-state index >= 15 is 0 Å². The van der Waals surface area contributed by atoms with Gasteiger partial charge in [0.2, 0.25) is 0 Å². The number of nitriles is 1. The van der Waals surface area contributed by atoms with E-state index in [9.17, 15) is 5.26 Å². The molecule has 2 fully saturated rings. The molecule has 2 unspecified atom stereocenters. The van der Waals surface area contributed by atoms with E-state index in [0.29, 0.717) is 11.8 Å². The normalized spacial score (nSPS) is 32.4. The molecule has 2 aliphatic rings. The van der Waals surface area contributed by atoms with Crippen molar-refractivity contribution in [2.24, 2.45) is 23.7 Å². The van der Waals surface area contributed by atoms with Crippen LogP contribution >= 0.6 is 0 Å². The first-order chi connectivity index (χ1) is 7.70. The van der Waals surface area contributed by atoms with Crippen LogP contribution < -0.4 is 0 Å². The van der Waals surface area contributed by atoms with E-state index in [4.69, 9.17) is 0 Å². The number of hydrogen-bond acceptors (Lipinski definition) is 2. The third kappa shape index (κ3) is 2.58. The molecule has 2 rings (SSSR count). The summed E-state index contributed by atoms with van der Waals surface area (Å²) in [7, 11) is 0. The quantitative estimate of drug-likeness (QED) is 0.731. The lowest BCUT2D eigenvalue weighted by atomic mass is 9.78. The zero-order valence-corrected chi connectivity index (χ0v) is 10.7. The van der Waals surface area contributed by atoms with Crippen LogP contribution in [0.25, 0.3) is 0 Å². The smallest absolute Gasteiger partial charge is 0.0672 e. The van der Waals surface area contributed by atoms with Crippen molar-refractivity contribution in [1.29, 1.82) is 5.26 Å². The van der Waals surface area contributed by atoms with Crippen molar-refractivity contribution < 1.29 is 0 Å². The van der Waals surface area contributed by atoms with E-state index in [0.717, 1.165) is 12.5 Å². The predicted molar refractivity (Wildman–Crippen MR) is 65.8 cm³/mol. The molecule has 0 aromatic carbocycles. The largest absolute Gasteiger partial charge is 0.302 e. The van der Waals surface area contributed by atoms with Gasteiger partial charge in [-0.05, 0) is 43.6 Å². The minimum Gasteiger partial charge on any atom is -0.302 e. The molecule has 0 N–H and O–H groups in total. The maximum atomic E-state index is 9.26. The molecule has 0 amide bonds. The lowest BCUT2D eigenvalue weighted by molar-refractivity contribution is 0.0898. The van der Waals surface area contributed by atoms with Gasteiger partial charge in [-0.25, -0.2) is 0 Å². The second-order valence-corrected chi connectivity index (χ2v) is 5.99. The van der Waals surface area contributed by atoms with Crippen molar-refractivity contribution in [2.45, 2.75) is 39.5 Å². The minimum atomic E-state index is 0.272. The average Bonchev–Trinajstić information content (AvgIpc) is 2.23. The third-order valence-corrected chi connectivity index (χ3v) is 4.51. The summed E-state index contributed by atoms with van der Waals surface area (Å²) in [6, 6.07) is 2.53. The van der Waals surface area contributed by atoms with Gasteiger partial charge >= 0.3 is 0 Å². The SMILES string of the molecule is CC(C)C1CCN(CC2CCC2)CC1C#N. The molecule has 0 aromatic heterocycles. The van der Waals surface area contributed by atoms with E-state index in [1.54, 1.807) is 0 Å². The Balaban J connectivity index is 1.85. The second kappa shape index (κ2) is 5.19. The molecule has 0 radical (unpaired) electrons. The van der Waals surface area contributed by atoms with Crippen LogP contribution in [0.1, 0.15) is 39.5 Å². The first-order valence-electron chi connectivity index (χ1n) is 6.82. The molecule has 1 aliphatic carbocycles. The Morgan fingerprint density at radius 3 is 2.56 bits per heavy atom. The van der Waals surface area contributed by atoms with Gasteiger partial charge in [0, 0.05) is 13.1 Å². The molecular formula is C14H24N2. The highest BCUT2D eigenvalue weighted by Crippen LogP contribution is 2.32. The fraction of sp³-hybridized carbons (Fsp3) is 0.929. The fourth-order valence-electron chi connectivity index (χ4n) is 3.18. The lowest BCUT2D eigenvalue weighted by Crippen LogP contribution is -2.44. The number of rotatable bonds is 3. The second-order valence-electron chi connectivity index (χ2n) is 5.99. The van der Waals surface area contributed by atoms with E-state index in [2.05, 4.69) is 24.8 Å². The minimum absolute atomic E-state index is 0.272. The number of likely N-dealkylation sites (tertiary alicyclic amines) is 1. The van der Waals surface area contributed by atoms with Gasteiger partial charge in [0.15, 0.2) is 0 Å². The van der Waals surface area contributed by atoms with Crippen LogP contribution in [0, 0.1) is 35.0 Å². The summed E-state index contributed by atoms with van der Waals surface area (Å²) in [6.45, 7) is 8.02. The van der Waals surface area contributed by atoms with Gasteiger partial charge in [0.25, 0.3) is 0 Å². The highest BCUT2D eigenvalue weighted by atomic mass is 15.1. The zero-order valence-electron chi connectivity index (χ0n) is 10.7. The van der Waals surface area contributed by atoms with Gasteiger partial charge in [-0.15, -0.1) is 0 Å². The Morgan fingerprint density at radius 2 is 2.06 bits per heavy atom. The maximum Gasteiger partial charge on any atom is 0.0672 e. The summed E-state index contributed by atoms with van der Waals surface area (Å²) in [5.74, 6) is 2.50. The Morgan fingerprint density at radius 1 is 1.31 bits per heavy atom. The fourth-order valence-corrected chi connectivity index (χ4v) is 3.18. The number of hydrogen-bond donors (Lipinski definition) is 0. The number of nitrogens with zero attached hydrogens (tertiary/aromatic N) is 2. The van der Waals surface area contributed by atoms with Crippen molar-refractivity contribution in [2.75, 3.05) is 19.6 Å². The molecule has 1 saturated heterocycles. The van der Waals surface area contributed by atoms with Gasteiger partial charge in [0.05, 0.1) is 12.0 Å². The van der Waals surface area contributed by atoms with E-state index in [1.807, 2.05) is 0 Å². The molecule has 90 valence electrons. The van der Waals surface area contributed by atoms with Gasteiger partial charge < -0.3 is 4.90 Å². The zero-order chi connectivity index (χ0) is 11.5. The molecule has 1 heterocycles. The molecule has 2 heteroatoms. The van der Waals surface area contributed by atoms with Gasteiger partial charge in [0.1, 0.15) is 0 Å². The topological polar surface area (TPSA) is 27.0 Å². The summed E-state index contributed by atoms with van der Waals surface area (Å²) in [5.41, 5.74) is 0. The Labute approximate surface area is 99.6 Å². The highest BCUT2D eigenvalue weighted by molar-refractivity contribution is 4.95. The van der Waals surface area contributed by atoms with Crippen LogP contribution in [0.15, 0.2) is 0 Å². The van der Waals surface area contributed by atoms with Crippen molar-refractivity contribution in [3.8, 4) is 6.07 Å². The van der Waals surface area contributed by atoms with Gasteiger partial charge in [-0.2, -0.15) is 5.26 Å². The van der Waals surface area contributed by atoms with Crippen molar-refractivity contribution in [3.63, 3.8) is 0 Å². The van der Waals surface area contributed by atoms with E-state index < -0.39 is 0 Å². The Bertz CT molecular complexity index is 262. The van der Waals surface area contributed by atoms with Crippen molar-refractivity contribution in [3.05, 3.63) is 0 Å². The van der Waals surface area contributed by atoms with Crippen LogP contribution in [0.4, 0.5) is 0 Å². The summed E-state index contributed by atoms with van der Waals surface area (Å²) in [6.07, 6.45) is 5.49. The summed E-state index contributed by atoms with van der Waals surface area (Å²) < 4.78 is 0. The monoisotopic (exact) mass is 220 g/mol. The third-order valence-electron chi connectivity index (χ3n) is 4.51. The van der Waals surface area contributed by atoms with Crippen LogP contribution in [0.5, 0.6) is 0 Å². The van der Waals surface area contributed by atoms with E-state index in [1.165, 1.54) is 38.8 Å². The van der Waals surface area contributed by atoms with Crippen LogP contribution in [-0.4, -0.2) is 24.5 Å². The molecule has 16 heavy (non-hydrogen) atoms. The molecule has 1 aliphatic heterocycles. The molecular weight excluding hydrogens is 196 g/mol. The Hall–Kier alpha value is -0.550. The van der Waals surface area contributed by atoms with Gasteiger partial charge in [-0.3, -0.25) is 0 Å². The summed E-state index contributed by atoms with van der Waals surface area (Å²) >= 11 is 0. The summed E-state index contributed by atoms with van der Waals surface area (Å²) in [5, 5.41) is 9.26. The maximum absolute atomic E-state index is 9.26. The lowest BCUT2D eigenvalue weighted by Gasteiger charge is -2.40. The van der Waals surface area contributed by atoms with Crippen LogP contribution in [0.3, 0.4) is 0 Å². The standard InChI is InChI=1S/C14H24N2/c1-11(2)14-6-7-16(10-13(14)8-15)9-12-4-3-5-12/h11-14H,3-7,9-10H2,1-2H3. The molecule has 0 spiro atoms. The highest BCUT2D eigenvalue weighted by Gasteiger charge is 2.32. The van der Waals surface area contributed by atoms with Crippen molar-refractivity contribution >= 4 is 0 Å². The molecule has 0 aromatic rings. The van der Waals surface area contributed by atoms with Crippen LogP contribution in [0.2, 0.25) is 0 Å².